The molecule has 24 heavy (non-hydrogen) atoms. The number of carbonyl (C=O) groups is 1. The fourth-order valence-corrected chi connectivity index (χ4v) is 4.21. The fraction of sp³-hybridized carbons (Fsp3) is 0.133. The van der Waals surface area contributed by atoms with Crippen molar-refractivity contribution >= 4 is 60.1 Å². The summed E-state index contributed by atoms with van der Waals surface area (Å²) in [5, 5.41) is -1.14. The zero-order chi connectivity index (χ0) is 18.1. The molecule has 0 radical (unpaired) electrons. The van der Waals surface area contributed by atoms with E-state index in [1.165, 1.54) is 25.1 Å². The number of sulfonamides is 1. The van der Waals surface area contributed by atoms with Gasteiger partial charge < -0.3 is 0 Å². The summed E-state index contributed by atoms with van der Waals surface area (Å²) in [4.78, 5) is 11.5. The Morgan fingerprint density at radius 3 is 2.29 bits per heavy atom. The maximum atomic E-state index is 13.4. The lowest BCUT2D eigenvalue weighted by atomic mass is 10.2. The third-order valence-corrected chi connectivity index (χ3v) is 6.26. The van der Waals surface area contributed by atoms with Crippen molar-refractivity contribution < 1.29 is 17.6 Å². The van der Waals surface area contributed by atoms with Crippen LogP contribution >= 0.6 is 39.1 Å². The van der Waals surface area contributed by atoms with Crippen molar-refractivity contribution in [2.75, 3.05) is 4.31 Å². The van der Waals surface area contributed by atoms with Gasteiger partial charge in [-0.05, 0) is 61.0 Å². The third kappa shape index (κ3) is 3.91. The SMILES string of the molecule is CC(C(=O)Cl)N(c1ccc(F)c(Cl)c1)S(=O)(=O)c1ccc(Br)cc1. The Kier molecular flexibility index (Phi) is 5.91. The molecule has 0 aliphatic rings. The summed E-state index contributed by atoms with van der Waals surface area (Å²) in [6.07, 6.45) is 0. The molecular formula is C15H11BrCl2FNO3S. The molecule has 0 saturated heterocycles. The van der Waals surface area contributed by atoms with Gasteiger partial charge >= 0.3 is 0 Å². The molecule has 2 aromatic rings. The number of hydrogen-bond acceptors (Lipinski definition) is 3. The van der Waals surface area contributed by atoms with Crippen molar-refractivity contribution in [3.63, 3.8) is 0 Å². The van der Waals surface area contributed by atoms with Gasteiger partial charge in [-0.3, -0.25) is 9.10 Å². The predicted octanol–water partition coefficient (Wildman–Crippen LogP) is 4.59. The molecule has 0 bridgehead atoms. The van der Waals surface area contributed by atoms with Crippen LogP contribution in [0.5, 0.6) is 0 Å². The lowest BCUT2D eigenvalue weighted by Gasteiger charge is -2.28. The Morgan fingerprint density at radius 1 is 1.21 bits per heavy atom. The van der Waals surface area contributed by atoms with E-state index in [4.69, 9.17) is 23.2 Å². The molecular weight excluding hydrogens is 444 g/mol. The van der Waals surface area contributed by atoms with Crippen LogP contribution in [0.3, 0.4) is 0 Å². The van der Waals surface area contributed by atoms with Gasteiger partial charge in [-0.2, -0.15) is 0 Å². The van der Waals surface area contributed by atoms with Gasteiger partial charge in [-0.25, -0.2) is 12.8 Å². The summed E-state index contributed by atoms with van der Waals surface area (Å²) in [5.41, 5.74) is 0.0332. The fourth-order valence-electron chi connectivity index (χ4n) is 2.00. The second kappa shape index (κ2) is 7.39. The monoisotopic (exact) mass is 453 g/mol. The van der Waals surface area contributed by atoms with Crippen molar-refractivity contribution in [3.8, 4) is 0 Å². The second-order valence-corrected chi connectivity index (χ2v) is 8.34. The molecule has 4 nitrogen and oxygen atoms in total. The van der Waals surface area contributed by atoms with Crippen LogP contribution in [0.15, 0.2) is 51.8 Å². The standard InChI is InChI=1S/C15H11BrCl2FNO3S/c1-9(15(18)21)20(11-4-7-14(19)13(17)8-11)24(22,23)12-5-2-10(16)3-6-12/h2-9H,1H3. The molecule has 0 fully saturated rings. The lowest BCUT2D eigenvalue weighted by molar-refractivity contribution is -0.112. The number of anilines is 1. The van der Waals surface area contributed by atoms with Gasteiger partial charge in [-0.15, -0.1) is 0 Å². The highest BCUT2D eigenvalue weighted by molar-refractivity contribution is 9.10. The molecule has 0 amide bonds. The number of nitrogens with zero attached hydrogens (tertiary/aromatic N) is 1. The second-order valence-electron chi connectivity index (χ2n) is 4.83. The van der Waals surface area contributed by atoms with Crippen molar-refractivity contribution in [1.82, 2.24) is 0 Å². The van der Waals surface area contributed by atoms with Crippen LogP contribution in [-0.2, 0) is 14.8 Å². The zero-order valence-electron chi connectivity index (χ0n) is 12.2. The molecule has 0 N–H and O–H groups in total. The summed E-state index contributed by atoms with van der Waals surface area (Å²) in [7, 11) is -4.12. The van der Waals surface area contributed by atoms with Gasteiger partial charge in [-0.1, -0.05) is 27.5 Å². The molecule has 0 saturated carbocycles. The summed E-state index contributed by atoms with van der Waals surface area (Å²) in [6.45, 7) is 1.34. The van der Waals surface area contributed by atoms with E-state index < -0.39 is 27.1 Å². The van der Waals surface area contributed by atoms with Crippen LogP contribution in [0.2, 0.25) is 5.02 Å². The highest BCUT2D eigenvalue weighted by atomic mass is 79.9. The van der Waals surface area contributed by atoms with Gasteiger partial charge in [0.15, 0.2) is 0 Å². The summed E-state index contributed by atoms with van der Waals surface area (Å²) >= 11 is 14.5. The molecule has 0 aliphatic carbocycles. The van der Waals surface area contributed by atoms with Crippen LogP contribution in [-0.4, -0.2) is 19.7 Å². The van der Waals surface area contributed by atoms with Crippen molar-refractivity contribution in [1.29, 1.82) is 0 Å². The minimum Gasteiger partial charge on any atom is -0.279 e. The number of halogens is 4. The Hall–Kier alpha value is -1.15. The van der Waals surface area contributed by atoms with Gasteiger partial charge in [0.25, 0.3) is 10.0 Å². The van der Waals surface area contributed by atoms with Crippen LogP contribution in [0.1, 0.15) is 6.92 Å². The molecule has 9 heteroatoms. The van der Waals surface area contributed by atoms with E-state index in [0.717, 1.165) is 16.4 Å². The van der Waals surface area contributed by atoms with E-state index in [9.17, 15) is 17.6 Å². The van der Waals surface area contributed by atoms with Crippen LogP contribution < -0.4 is 4.31 Å². The average molecular weight is 455 g/mol. The largest absolute Gasteiger partial charge is 0.279 e. The number of hydrogen-bond donors (Lipinski definition) is 0. The normalized spacial score (nSPS) is 12.7. The van der Waals surface area contributed by atoms with E-state index in [-0.39, 0.29) is 15.6 Å². The van der Waals surface area contributed by atoms with E-state index in [1.54, 1.807) is 12.1 Å². The number of rotatable bonds is 5. The van der Waals surface area contributed by atoms with E-state index >= 15 is 0 Å². The first-order chi connectivity index (χ1) is 11.1. The van der Waals surface area contributed by atoms with E-state index in [0.29, 0.717) is 4.47 Å². The molecule has 1 atom stereocenters. The van der Waals surface area contributed by atoms with Gasteiger partial charge in [0.1, 0.15) is 11.9 Å². The molecule has 0 aromatic heterocycles. The molecule has 0 aliphatic heterocycles. The van der Waals surface area contributed by atoms with Gasteiger partial charge in [0.2, 0.25) is 5.24 Å². The maximum absolute atomic E-state index is 13.4. The predicted molar refractivity (Wildman–Crippen MR) is 95.5 cm³/mol. The molecule has 1 unspecified atom stereocenters. The first kappa shape index (κ1) is 19.2. The Morgan fingerprint density at radius 2 is 1.79 bits per heavy atom. The van der Waals surface area contributed by atoms with E-state index in [2.05, 4.69) is 15.9 Å². The molecule has 128 valence electrons. The van der Waals surface area contributed by atoms with E-state index in [1.807, 2.05) is 0 Å². The molecule has 2 rings (SSSR count). The summed E-state index contributed by atoms with van der Waals surface area (Å²) in [5.74, 6) is -0.703. The highest BCUT2D eigenvalue weighted by Crippen LogP contribution is 2.30. The number of benzene rings is 2. The Labute approximate surface area is 157 Å². The van der Waals surface area contributed by atoms with Gasteiger partial charge in [0.05, 0.1) is 15.6 Å². The third-order valence-electron chi connectivity index (χ3n) is 3.21. The summed E-state index contributed by atoms with van der Waals surface area (Å²) < 4.78 is 40.8. The van der Waals surface area contributed by atoms with Crippen LogP contribution in [0, 0.1) is 5.82 Å². The minimum atomic E-state index is -4.12. The minimum absolute atomic E-state index is 0.0332. The van der Waals surface area contributed by atoms with Gasteiger partial charge in [0, 0.05) is 4.47 Å². The first-order valence-electron chi connectivity index (χ1n) is 6.59. The Balaban J connectivity index is 2.63. The van der Waals surface area contributed by atoms with Crippen LogP contribution in [0.4, 0.5) is 10.1 Å². The highest BCUT2D eigenvalue weighted by Gasteiger charge is 2.33. The summed E-state index contributed by atoms with van der Waals surface area (Å²) in [6, 6.07) is 8.02. The number of carbonyl (C=O) groups excluding carboxylic acids is 1. The van der Waals surface area contributed by atoms with Crippen molar-refractivity contribution in [3.05, 3.63) is 57.8 Å². The molecule has 2 aromatic carbocycles. The topological polar surface area (TPSA) is 54.5 Å². The lowest BCUT2D eigenvalue weighted by Crippen LogP contribution is -2.42. The Bertz CT molecular complexity index is 875. The smallest absolute Gasteiger partial charge is 0.265 e. The van der Waals surface area contributed by atoms with Crippen molar-refractivity contribution in [2.45, 2.75) is 17.9 Å². The maximum Gasteiger partial charge on any atom is 0.265 e. The van der Waals surface area contributed by atoms with Crippen LogP contribution in [0.25, 0.3) is 0 Å². The molecule has 0 heterocycles. The van der Waals surface area contributed by atoms with Crippen molar-refractivity contribution in [2.24, 2.45) is 0 Å². The quantitative estimate of drug-likeness (QED) is 0.620. The zero-order valence-corrected chi connectivity index (χ0v) is 16.1. The molecule has 0 spiro atoms. The first-order valence-corrected chi connectivity index (χ1v) is 9.58. The average Bonchev–Trinajstić information content (AvgIpc) is 2.51.